The molecule has 0 rings (SSSR count). The zero-order valence-corrected chi connectivity index (χ0v) is 27.5. The summed E-state index contributed by atoms with van der Waals surface area (Å²) in [7, 11) is -5.64. The highest BCUT2D eigenvalue weighted by molar-refractivity contribution is 6.83. The van der Waals surface area contributed by atoms with E-state index >= 15 is 0 Å². The highest BCUT2D eigenvalue weighted by atomic mass is 28.4. The van der Waals surface area contributed by atoms with Gasteiger partial charge in [-0.3, -0.25) is 0 Å². The van der Waals surface area contributed by atoms with E-state index in [0.717, 1.165) is 0 Å². The van der Waals surface area contributed by atoms with Crippen LogP contribution in [0.4, 0.5) is 9.59 Å². The summed E-state index contributed by atoms with van der Waals surface area (Å²) in [4.78, 5) is 26.0. The van der Waals surface area contributed by atoms with Crippen molar-refractivity contribution in [2.75, 3.05) is 0 Å². The molecule has 0 radical (unpaired) electrons. The van der Waals surface area contributed by atoms with Crippen molar-refractivity contribution in [3.63, 3.8) is 0 Å². The summed E-state index contributed by atoms with van der Waals surface area (Å²) in [6.45, 7) is 38.1. The van der Waals surface area contributed by atoms with Crippen molar-refractivity contribution >= 4 is 28.8 Å². The number of amides is 2. The Kier molecular flexibility index (Phi) is 9.16. The molecule has 0 aromatic heterocycles. The Bertz CT molecular complexity index is 640. The molecule has 0 aliphatic carbocycles. The van der Waals surface area contributed by atoms with Crippen LogP contribution in [0.5, 0.6) is 0 Å². The van der Waals surface area contributed by atoms with Gasteiger partial charge in [-0.05, 0) is 30.2 Å². The molecule has 34 heavy (non-hydrogen) atoms. The van der Waals surface area contributed by atoms with Crippen LogP contribution in [0.15, 0.2) is 10.2 Å². The number of carbonyl (C=O) groups excluding carboxylic acids is 2. The zero-order valence-electron chi connectivity index (χ0n) is 25.5. The topological polar surface area (TPSA) is 77.3 Å². The predicted octanol–water partition coefficient (Wildman–Crippen LogP) is 10.4. The van der Waals surface area contributed by atoms with Gasteiger partial charge >= 0.3 is 12.2 Å². The quantitative estimate of drug-likeness (QED) is 0.271. The molecular formula is C26H54N2O4Si2. The number of carbonyl (C=O) groups is 2. The average Bonchev–Trinajstić information content (AvgIpc) is 2.48. The second-order valence-corrected chi connectivity index (χ2v) is 27.9. The molecule has 0 heterocycles. The molecule has 8 heteroatoms. The fourth-order valence-corrected chi connectivity index (χ4v) is 24.0. The lowest BCUT2D eigenvalue weighted by atomic mass is 10.2. The van der Waals surface area contributed by atoms with E-state index in [-0.39, 0.29) is 30.2 Å². The van der Waals surface area contributed by atoms with E-state index in [1.165, 1.54) is 0 Å². The molecule has 0 N–H and O–H groups in total. The first-order valence-electron chi connectivity index (χ1n) is 12.4. The van der Waals surface area contributed by atoms with Gasteiger partial charge in [-0.25, -0.2) is 9.59 Å². The van der Waals surface area contributed by atoms with Crippen LogP contribution in [0.25, 0.3) is 0 Å². The van der Waals surface area contributed by atoms with Crippen LogP contribution in [-0.4, -0.2) is 28.8 Å². The van der Waals surface area contributed by atoms with Crippen molar-refractivity contribution in [3.05, 3.63) is 0 Å². The Morgan fingerprint density at radius 1 is 0.412 bits per heavy atom. The van der Waals surface area contributed by atoms with Gasteiger partial charge in [0.05, 0.1) is 0 Å². The van der Waals surface area contributed by atoms with E-state index in [2.05, 4.69) is 135 Å². The van der Waals surface area contributed by atoms with Crippen LogP contribution in [0, 0.1) is 0 Å². The second-order valence-electron chi connectivity index (χ2n) is 15.8. The molecule has 0 atom stereocenters. The summed E-state index contributed by atoms with van der Waals surface area (Å²) in [6, 6.07) is 0. The summed E-state index contributed by atoms with van der Waals surface area (Å²) in [5.74, 6) is 0. The number of azo groups is 1. The van der Waals surface area contributed by atoms with Gasteiger partial charge in [0.1, 0.15) is 0 Å². The minimum Gasteiger partial charge on any atom is -0.499 e. The van der Waals surface area contributed by atoms with Crippen LogP contribution in [0.1, 0.15) is 125 Å². The van der Waals surface area contributed by atoms with Crippen molar-refractivity contribution in [2.24, 2.45) is 10.2 Å². The molecule has 0 saturated heterocycles. The Labute approximate surface area is 212 Å². The molecule has 0 aliphatic rings. The minimum atomic E-state index is -2.82. The van der Waals surface area contributed by atoms with Gasteiger partial charge in [0.15, 0.2) is 0 Å². The molecule has 0 aromatic carbocycles. The van der Waals surface area contributed by atoms with Crippen molar-refractivity contribution in [1.82, 2.24) is 0 Å². The average molecular weight is 515 g/mol. The number of hydrogen-bond donors (Lipinski definition) is 0. The van der Waals surface area contributed by atoms with Gasteiger partial charge in [0, 0.05) is 0 Å². The molecule has 0 spiro atoms. The maximum Gasteiger partial charge on any atom is 0.439 e. The molecule has 0 aliphatic heterocycles. The molecule has 0 fully saturated rings. The Morgan fingerprint density at radius 3 is 0.676 bits per heavy atom. The largest absolute Gasteiger partial charge is 0.499 e. The summed E-state index contributed by atoms with van der Waals surface area (Å²) in [6.07, 6.45) is -1.64. The predicted molar refractivity (Wildman–Crippen MR) is 148 cm³/mol. The smallest absolute Gasteiger partial charge is 0.439 e. The van der Waals surface area contributed by atoms with Crippen molar-refractivity contribution in [1.29, 1.82) is 0 Å². The van der Waals surface area contributed by atoms with Crippen LogP contribution >= 0.6 is 0 Å². The van der Waals surface area contributed by atoms with Crippen LogP contribution < -0.4 is 0 Å². The van der Waals surface area contributed by atoms with E-state index in [9.17, 15) is 9.59 Å². The molecule has 200 valence electrons. The highest BCUT2D eigenvalue weighted by Crippen LogP contribution is 2.63. The van der Waals surface area contributed by atoms with Gasteiger partial charge in [-0.1, -0.05) is 135 Å². The van der Waals surface area contributed by atoms with Gasteiger partial charge in [0.2, 0.25) is 0 Å². The van der Waals surface area contributed by atoms with Crippen molar-refractivity contribution < 1.29 is 18.4 Å². The van der Waals surface area contributed by atoms with E-state index in [1.54, 1.807) is 0 Å². The summed E-state index contributed by atoms with van der Waals surface area (Å²) >= 11 is 0. The molecule has 6 nitrogen and oxygen atoms in total. The third-order valence-electron chi connectivity index (χ3n) is 7.03. The third-order valence-corrected chi connectivity index (χ3v) is 20.7. The number of nitrogens with zero attached hydrogens (tertiary/aromatic N) is 2. The second kappa shape index (κ2) is 9.45. The van der Waals surface area contributed by atoms with Gasteiger partial charge in [-0.15, -0.1) is 0 Å². The summed E-state index contributed by atoms with van der Waals surface area (Å²) in [5.41, 5.74) is 0. The molecular weight excluding hydrogens is 460 g/mol. The molecule has 0 aromatic rings. The number of hydrogen-bond acceptors (Lipinski definition) is 4. The summed E-state index contributed by atoms with van der Waals surface area (Å²) < 4.78 is 12.5. The highest BCUT2D eigenvalue weighted by Gasteiger charge is 2.66. The molecule has 0 bridgehead atoms. The fourth-order valence-electron chi connectivity index (χ4n) is 8.05. The van der Waals surface area contributed by atoms with Crippen LogP contribution in [0.3, 0.4) is 0 Å². The molecule has 2 amide bonds. The van der Waals surface area contributed by atoms with E-state index in [4.69, 9.17) is 8.85 Å². The number of rotatable bonds is 2. The maximum atomic E-state index is 13.0. The Hall–Kier alpha value is -1.03. The lowest BCUT2D eigenvalue weighted by molar-refractivity contribution is 0.184. The lowest BCUT2D eigenvalue weighted by Crippen LogP contribution is -2.61. The lowest BCUT2D eigenvalue weighted by Gasteiger charge is -2.56. The van der Waals surface area contributed by atoms with Gasteiger partial charge in [-0.2, -0.15) is 0 Å². The van der Waals surface area contributed by atoms with Crippen LogP contribution in [0.2, 0.25) is 30.2 Å². The van der Waals surface area contributed by atoms with Gasteiger partial charge in [0.25, 0.3) is 16.6 Å². The molecule has 0 saturated carbocycles. The first-order valence-corrected chi connectivity index (χ1v) is 16.2. The van der Waals surface area contributed by atoms with Crippen molar-refractivity contribution in [3.8, 4) is 0 Å². The van der Waals surface area contributed by atoms with Crippen molar-refractivity contribution in [2.45, 2.75) is 155 Å². The van der Waals surface area contributed by atoms with Crippen LogP contribution in [-0.2, 0) is 8.85 Å². The fraction of sp³-hybridized carbons (Fsp3) is 0.923. The Balaban J connectivity index is 6.31. The normalized spacial score (nSPS) is 15.5. The third kappa shape index (κ3) is 6.02. The standard InChI is InChI=1S/C26H54N2O4Si2/c1-21(2,3)33(22(4,5)6,23(7,8)9)31-19(29)27-28-20(30)32-34(24(10,11)12,25(13,14)15)26(16,17)18/h1-18H3. The monoisotopic (exact) mass is 514 g/mol. The summed E-state index contributed by atoms with van der Waals surface area (Å²) in [5, 5.41) is 5.88. The first-order chi connectivity index (χ1) is 14.5. The first kappa shape index (κ1) is 33.0. The van der Waals surface area contributed by atoms with Gasteiger partial charge < -0.3 is 8.85 Å². The van der Waals surface area contributed by atoms with E-state index < -0.39 is 28.8 Å². The van der Waals surface area contributed by atoms with E-state index in [1.807, 2.05) is 0 Å². The van der Waals surface area contributed by atoms with E-state index in [0.29, 0.717) is 0 Å². The molecule has 0 unspecified atom stereocenters. The Morgan fingerprint density at radius 2 is 0.559 bits per heavy atom. The SMILES string of the molecule is CC(C)(C)[Si](OC(=O)N=NC(=O)O[Si](C(C)(C)C)(C(C)(C)C)C(C)(C)C)(C(C)(C)C)C(C)(C)C. The maximum absolute atomic E-state index is 13.0. The minimum absolute atomic E-state index is 0.262. The zero-order chi connectivity index (χ0) is 28.0.